The number of aromatic nitrogens is 2. The molecule has 0 fully saturated rings. The van der Waals surface area contributed by atoms with Crippen molar-refractivity contribution in [2.45, 2.75) is 13.5 Å². The van der Waals surface area contributed by atoms with Crippen molar-refractivity contribution >= 4 is 0 Å². The molecule has 1 aromatic carbocycles. The lowest BCUT2D eigenvalue weighted by molar-refractivity contribution is 0.753. The zero-order valence-corrected chi connectivity index (χ0v) is 9.95. The number of hydrogen-bond acceptors (Lipinski definition) is 3. The van der Waals surface area contributed by atoms with Crippen molar-refractivity contribution in [2.75, 3.05) is 7.05 Å². The molecule has 0 aliphatic carbocycles. The van der Waals surface area contributed by atoms with Crippen LogP contribution >= 0.6 is 0 Å². The average Bonchev–Trinajstić information content (AvgIpc) is 2.31. The van der Waals surface area contributed by atoms with Crippen LogP contribution in [0.4, 0.5) is 0 Å². The maximum Gasteiger partial charge on any atom is 0.258 e. The third-order valence-corrected chi connectivity index (χ3v) is 2.63. The van der Waals surface area contributed by atoms with Crippen molar-refractivity contribution in [1.82, 2.24) is 15.3 Å². The summed E-state index contributed by atoms with van der Waals surface area (Å²) >= 11 is 0. The van der Waals surface area contributed by atoms with E-state index in [2.05, 4.69) is 15.3 Å². The molecule has 17 heavy (non-hydrogen) atoms. The Morgan fingerprint density at radius 1 is 1.29 bits per heavy atom. The minimum absolute atomic E-state index is 0.0976. The summed E-state index contributed by atoms with van der Waals surface area (Å²) < 4.78 is 0. The van der Waals surface area contributed by atoms with Gasteiger partial charge in [0.15, 0.2) is 0 Å². The van der Waals surface area contributed by atoms with E-state index >= 15 is 0 Å². The zero-order chi connectivity index (χ0) is 12.3. The molecule has 0 unspecified atom stereocenters. The predicted molar refractivity (Wildman–Crippen MR) is 67.8 cm³/mol. The normalized spacial score (nSPS) is 10.5. The van der Waals surface area contributed by atoms with E-state index in [0.717, 1.165) is 11.1 Å². The first kappa shape index (κ1) is 11.5. The molecule has 0 aliphatic rings. The fourth-order valence-corrected chi connectivity index (χ4v) is 1.76. The van der Waals surface area contributed by atoms with E-state index in [-0.39, 0.29) is 5.56 Å². The van der Waals surface area contributed by atoms with Gasteiger partial charge in [-0.15, -0.1) is 0 Å². The summed E-state index contributed by atoms with van der Waals surface area (Å²) in [5.74, 6) is 0.648. The van der Waals surface area contributed by atoms with E-state index in [1.165, 1.54) is 0 Å². The van der Waals surface area contributed by atoms with E-state index < -0.39 is 0 Å². The molecule has 1 aromatic heterocycles. The molecule has 0 bridgehead atoms. The van der Waals surface area contributed by atoms with Crippen molar-refractivity contribution in [3.8, 4) is 11.1 Å². The summed E-state index contributed by atoms with van der Waals surface area (Å²) in [5, 5.41) is 2.95. The second-order valence-corrected chi connectivity index (χ2v) is 3.92. The number of hydrogen-bond donors (Lipinski definition) is 2. The highest BCUT2D eigenvalue weighted by molar-refractivity contribution is 5.65. The molecular weight excluding hydrogens is 214 g/mol. The van der Waals surface area contributed by atoms with Gasteiger partial charge in [0.2, 0.25) is 0 Å². The molecule has 0 aliphatic heterocycles. The Hall–Kier alpha value is -1.94. The topological polar surface area (TPSA) is 57.8 Å². The summed E-state index contributed by atoms with van der Waals surface area (Å²) in [5.41, 5.74) is 2.51. The van der Waals surface area contributed by atoms with Gasteiger partial charge in [-0.3, -0.25) is 4.79 Å². The largest absolute Gasteiger partial charge is 0.313 e. The van der Waals surface area contributed by atoms with Crippen LogP contribution in [-0.2, 0) is 6.54 Å². The monoisotopic (exact) mass is 229 g/mol. The first-order chi connectivity index (χ1) is 8.22. The minimum atomic E-state index is -0.0976. The van der Waals surface area contributed by atoms with Crippen molar-refractivity contribution < 1.29 is 0 Å². The highest BCUT2D eigenvalue weighted by Gasteiger charge is 2.06. The number of H-pyrrole nitrogens is 1. The van der Waals surface area contributed by atoms with Crippen molar-refractivity contribution in [3.05, 3.63) is 52.2 Å². The SMILES string of the molecule is CNCc1ncc(-c2ccccc2C)c(=O)[nH]1. The maximum atomic E-state index is 11.9. The Bertz CT molecular complexity index is 575. The van der Waals surface area contributed by atoms with Crippen LogP contribution in [0, 0.1) is 6.92 Å². The molecule has 4 heteroatoms. The van der Waals surface area contributed by atoms with Gasteiger partial charge in [-0.05, 0) is 25.1 Å². The third-order valence-electron chi connectivity index (χ3n) is 2.63. The fourth-order valence-electron chi connectivity index (χ4n) is 1.76. The van der Waals surface area contributed by atoms with Gasteiger partial charge in [0.1, 0.15) is 5.82 Å². The molecule has 0 atom stereocenters. The molecule has 0 amide bonds. The smallest absolute Gasteiger partial charge is 0.258 e. The van der Waals surface area contributed by atoms with E-state index in [4.69, 9.17) is 0 Å². The second-order valence-electron chi connectivity index (χ2n) is 3.92. The van der Waals surface area contributed by atoms with Crippen molar-refractivity contribution in [2.24, 2.45) is 0 Å². The lowest BCUT2D eigenvalue weighted by Crippen LogP contribution is -2.17. The predicted octanol–water partition coefficient (Wildman–Crippen LogP) is 1.46. The van der Waals surface area contributed by atoms with Gasteiger partial charge in [-0.1, -0.05) is 24.3 Å². The molecule has 0 radical (unpaired) electrons. The van der Waals surface area contributed by atoms with E-state index in [1.54, 1.807) is 6.20 Å². The molecule has 0 saturated heterocycles. The standard InChI is InChI=1S/C13H15N3O/c1-9-5-3-4-6-10(9)11-7-15-12(8-14-2)16-13(11)17/h3-7,14H,8H2,1-2H3,(H,15,16,17). The van der Waals surface area contributed by atoms with E-state index in [9.17, 15) is 4.79 Å². The van der Waals surface area contributed by atoms with Crippen LogP contribution in [0.15, 0.2) is 35.3 Å². The van der Waals surface area contributed by atoms with E-state index in [0.29, 0.717) is 17.9 Å². The Morgan fingerprint density at radius 2 is 2.06 bits per heavy atom. The summed E-state index contributed by atoms with van der Waals surface area (Å²) in [6.45, 7) is 2.54. The van der Waals surface area contributed by atoms with Crippen LogP contribution in [0.5, 0.6) is 0 Å². The number of benzene rings is 1. The lowest BCUT2D eigenvalue weighted by Gasteiger charge is -2.05. The van der Waals surface area contributed by atoms with Gasteiger partial charge in [-0.25, -0.2) is 4.98 Å². The van der Waals surface area contributed by atoms with Crippen LogP contribution in [-0.4, -0.2) is 17.0 Å². The molecule has 1 heterocycles. The number of nitrogens with zero attached hydrogens (tertiary/aromatic N) is 1. The first-order valence-corrected chi connectivity index (χ1v) is 5.51. The van der Waals surface area contributed by atoms with Gasteiger partial charge >= 0.3 is 0 Å². The molecule has 2 N–H and O–H groups in total. The molecule has 4 nitrogen and oxygen atoms in total. The summed E-state index contributed by atoms with van der Waals surface area (Å²) in [6.07, 6.45) is 1.63. The Balaban J connectivity index is 2.48. The first-order valence-electron chi connectivity index (χ1n) is 5.51. The summed E-state index contributed by atoms with van der Waals surface area (Å²) in [7, 11) is 1.81. The Kier molecular flexibility index (Phi) is 3.35. The van der Waals surface area contributed by atoms with Gasteiger partial charge < -0.3 is 10.3 Å². The molecule has 2 rings (SSSR count). The van der Waals surface area contributed by atoms with Crippen LogP contribution in [0.2, 0.25) is 0 Å². The van der Waals surface area contributed by atoms with Gasteiger partial charge in [-0.2, -0.15) is 0 Å². The molecule has 2 aromatic rings. The van der Waals surface area contributed by atoms with Gasteiger partial charge in [0.05, 0.1) is 12.1 Å². The average molecular weight is 229 g/mol. The third kappa shape index (κ3) is 2.42. The number of nitrogens with one attached hydrogen (secondary N) is 2. The minimum Gasteiger partial charge on any atom is -0.313 e. The molecule has 0 saturated carbocycles. The lowest BCUT2D eigenvalue weighted by atomic mass is 10.0. The Morgan fingerprint density at radius 3 is 2.71 bits per heavy atom. The zero-order valence-electron chi connectivity index (χ0n) is 9.95. The van der Waals surface area contributed by atoms with E-state index in [1.807, 2.05) is 38.2 Å². The highest BCUT2D eigenvalue weighted by atomic mass is 16.1. The number of rotatable bonds is 3. The van der Waals surface area contributed by atoms with Crippen molar-refractivity contribution in [1.29, 1.82) is 0 Å². The highest BCUT2D eigenvalue weighted by Crippen LogP contribution is 2.18. The second kappa shape index (κ2) is 4.93. The quantitative estimate of drug-likeness (QED) is 0.837. The summed E-state index contributed by atoms with van der Waals surface area (Å²) in [4.78, 5) is 18.9. The van der Waals surface area contributed by atoms with Crippen LogP contribution in [0.1, 0.15) is 11.4 Å². The van der Waals surface area contributed by atoms with Gasteiger partial charge in [0.25, 0.3) is 5.56 Å². The van der Waals surface area contributed by atoms with Crippen LogP contribution in [0.25, 0.3) is 11.1 Å². The van der Waals surface area contributed by atoms with Crippen LogP contribution < -0.4 is 10.9 Å². The summed E-state index contributed by atoms with van der Waals surface area (Å²) in [6, 6.07) is 7.79. The molecular formula is C13H15N3O. The van der Waals surface area contributed by atoms with Crippen LogP contribution in [0.3, 0.4) is 0 Å². The number of aryl methyl sites for hydroxylation is 1. The van der Waals surface area contributed by atoms with Gasteiger partial charge in [0, 0.05) is 6.20 Å². The number of aromatic amines is 1. The molecule has 88 valence electrons. The molecule has 0 spiro atoms. The maximum absolute atomic E-state index is 11.9. The Labute approximate surface area is 99.7 Å². The fraction of sp³-hybridized carbons (Fsp3) is 0.231. The van der Waals surface area contributed by atoms with Crippen molar-refractivity contribution in [3.63, 3.8) is 0 Å².